The van der Waals surface area contributed by atoms with Crippen molar-refractivity contribution in [2.75, 3.05) is 7.11 Å². The molecule has 0 saturated heterocycles. The van der Waals surface area contributed by atoms with Gasteiger partial charge in [-0.25, -0.2) is 0 Å². The van der Waals surface area contributed by atoms with E-state index in [0.717, 1.165) is 5.56 Å². The molecule has 0 aliphatic heterocycles. The molecule has 0 aromatic heterocycles. The number of Topliss-reactive ketones (excluding diaryl/α,β-unsaturated/α-hetero) is 1. The lowest BCUT2D eigenvalue weighted by Gasteiger charge is -2.12. The molecule has 0 bridgehead atoms. The summed E-state index contributed by atoms with van der Waals surface area (Å²) in [5, 5.41) is 0.918. The average molecular weight is 325 g/mol. The van der Waals surface area contributed by atoms with Gasteiger partial charge in [-0.05, 0) is 25.1 Å². The molecule has 0 atom stereocenters. The Morgan fingerprint density at radius 2 is 1.95 bits per heavy atom. The third-order valence-corrected chi connectivity index (χ3v) is 3.84. The number of ether oxygens (including phenoxy) is 2. The molecule has 0 fully saturated rings. The monoisotopic (exact) mass is 324 g/mol. The van der Waals surface area contributed by atoms with Crippen LogP contribution in [0.4, 0.5) is 0 Å². The third kappa shape index (κ3) is 3.69. The molecule has 0 heterocycles. The minimum absolute atomic E-state index is 0.0788. The maximum absolute atomic E-state index is 11.6. The number of ketones is 1. The van der Waals surface area contributed by atoms with Gasteiger partial charge in [0.25, 0.3) is 0 Å². The van der Waals surface area contributed by atoms with Crippen LogP contribution in [0.2, 0.25) is 10.0 Å². The summed E-state index contributed by atoms with van der Waals surface area (Å²) in [5.41, 5.74) is 1.25. The number of rotatable bonds is 5. The van der Waals surface area contributed by atoms with Gasteiger partial charge in [-0.2, -0.15) is 0 Å². The molecule has 2 aromatic rings. The summed E-state index contributed by atoms with van der Waals surface area (Å²) in [6, 6.07) is 10.4. The number of carbonyl (C=O) groups is 1. The number of benzene rings is 2. The molecular weight excluding hydrogens is 311 g/mol. The molecule has 0 N–H and O–H groups in total. The number of methoxy groups -OCH3 is 1. The molecule has 21 heavy (non-hydrogen) atoms. The molecule has 110 valence electrons. The minimum atomic E-state index is -0.0788. The van der Waals surface area contributed by atoms with E-state index >= 15 is 0 Å². The van der Waals surface area contributed by atoms with Gasteiger partial charge in [0.05, 0.1) is 22.7 Å². The summed E-state index contributed by atoms with van der Waals surface area (Å²) >= 11 is 12.1. The van der Waals surface area contributed by atoms with Gasteiger partial charge < -0.3 is 9.47 Å². The second-order valence-electron chi connectivity index (χ2n) is 4.42. The first-order valence-electron chi connectivity index (χ1n) is 6.27. The van der Waals surface area contributed by atoms with Crippen molar-refractivity contribution in [3.63, 3.8) is 0 Å². The fraction of sp³-hybridized carbons (Fsp3) is 0.188. The fourth-order valence-corrected chi connectivity index (χ4v) is 2.23. The van der Waals surface area contributed by atoms with E-state index in [2.05, 4.69) is 0 Å². The number of hydrogen-bond acceptors (Lipinski definition) is 3. The Morgan fingerprint density at radius 3 is 2.62 bits per heavy atom. The third-order valence-electron chi connectivity index (χ3n) is 2.98. The molecule has 0 saturated carbocycles. The Morgan fingerprint density at radius 1 is 1.19 bits per heavy atom. The van der Waals surface area contributed by atoms with E-state index in [1.54, 1.807) is 37.4 Å². The summed E-state index contributed by atoms with van der Waals surface area (Å²) in [5.74, 6) is 0.995. The SMILES string of the molecule is COc1ccc(C(C)=O)c(OCc2cccc(Cl)c2Cl)c1. The molecule has 0 aliphatic carbocycles. The highest BCUT2D eigenvalue weighted by molar-refractivity contribution is 6.42. The normalized spacial score (nSPS) is 10.3. The van der Waals surface area contributed by atoms with Gasteiger partial charge in [0.2, 0.25) is 0 Å². The van der Waals surface area contributed by atoms with Crippen molar-refractivity contribution in [2.24, 2.45) is 0 Å². The lowest BCUT2D eigenvalue weighted by Crippen LogP contribution is -2.02. The first kappa shape index (κ1) is 15.7. The van der Waals surface area contributed by atoms with Crippen molar-refractivity contribution >= 4 is 29.0 Å². The topological polar surface area (TPSA) is 35.5 Å². The zero-order valence-corrected chi connectivity index (χ0v) is 13.2. The van der Waals surface area contributed by atoms with Crippen LogP contribution in [-0.4, -0.2) is 12.9 Å². The van der Waals surface area contributed by atoms with Crippen molar-refractivity contribution < 1.29 is 14.3 Å². The van der Waals surface area contributed by atoms with Gasteiger partial charge >= 0.3 is 0 Å². The molecule has 0 radical (unpaired) electrons. The van der Waals surface area contributed by atoms with Crippen LogP contribution in [0.1, 0.15) is 22.8 Å². The van der Waals surface area contributed by atoms with Crippen molar-refractivity contribution in [2.45, 2.75) is 13.5 Å². The van der Waals surface area contributed by atoms with Gasteiger partial charge in [0.15, 0.2) is 5.78 Å². The lowest BCUT2D eigenvalue weighted by atomic mass is 10.1. The summed E-state index contributed by atoms with van der Waals surface area (Å²) in [6.45, 7) is 1.70. The predicted octanol–water partition coefficient (Wildman–Crippen LogP) is 4.78. The molecule has 5 heteroatoms. The maximum Gasteiger partial charge on any atom is 0.163 e. The largest absolute Gasteiger partial charge is 0.497 e. The van der Waals surface area contributed by atoms with Crippen molar-refractivity contribution in [1.82, 2.24) is 0 Å². The van der Waals surface area contributed by atoms with Crippen LogP contribution >= 0.6 is 23.2 Å². The Labute approximate surface area is 133 Å². The summed E-state index contributed by atoms with van der Waals surface area (Å²) in [6.07, 6.45) is 0. The second-order valence-corrected chi connectivity index (χ2v) is 5.21. The van der Waals surface area contributed by atoms with Gasteiger partial charge in [-0.15, -0.1) is 0 Å². The Hall–Kier alpha value is -1.71. The molecule has 0 spiro atoms. The summed E-state index contributed by atoms with van der Waals surface area (Å²) < 4.78 is 10.9. The van der Waals surface area contributed by atoms with Crippen molar-refractivity contribution in [1.29, 1.82) is 0 Å². The zero-order valence-electron chi connectivity index (χ0n) is 11.7. The fourth-order valence-electron chi connectivity index (χ4n) is 1.86. The van der Waals surface area contributed by atoms with E-state index in [0.29, 0.717) is 27.1 Å². The number of halogens is 2. The Bertz CT molecular complexity index is 669. The highest BCUT2D eigenvalue weighted by atomic mass is 35.5. The second kappa shape index (κ2) is 6.83. The van der Waals surface area contributed by atoms with Crippen LogP contribution < -0.4 is 9.47 Å². The van der Waals surface area contributed by atoms with Crippen LogP contribution in [0.25, 0.3) is 0 Å². The van der Waals surface area contributed by atoms with Gasteiger partial charge in [0.1, 0.15) is 18.1 Å². The lowest BCUT2D eigenvalue weighted by molar-refractivity contribution is 0.101. The first-order chi connectivity index (χ1) is 10.0. The molecule has 3 nitrogen and oxygen atoms in total. The Kier molecular flexibility index (Phi) is 5.10. The standard InChI is InChI=1S/C16H14Cl2O3/c1-10(19)13-7-6-12(20-2)8-15(13)21-9-11-4-3-5-14(17)16(11)18/h3-8H,9H2,1-2H3. The highest BCUT2D eigenvalue weighted by Gasteiger charge is 2.11. The molecule has 2 aromatic carbocycles. The average Bonchev–Trinajstić information content (AvgIpc) is 2.48. The van der Waals surface area contributed by atoms with E-state index in [1.807, 2.05) is 6.07 Å². The van der Waals surface area contributed by atoms with Crippen LogP contribution in [-0.2, 0) is 6.61 Å². The van der Waals surface area contributed by atoms with Crippen molar-refractivity contribution in [3.05, 3.63) is 57.6 Å². The number of carbonyl (C=O) groups excluding carboxylic acids is 1. The Balaban J connectivity index is 2.26. The molecule has 0 unspecified atom stereocenters. The predicted molar refractivity (Wildman–Crippen MR) is 83.8 cm³/mol. The van der Waals surface area contributed by atoms with E-state index in [-0.39, 0.29) is 12.4 Å². The molecule has 2 rings (SSSR count). The quantitative estimate of drug-likeness (QED) is 0.742. The maximum atomic E-state index is 11.6. The van der Waals surface area contributed by atoms with E-state index in [4.69, 9.17) is 32.7 Å². The zero-order chi connectivity index (χ0) is 15.4. The van der Waals surface area contributed by atoms with E-state index in [1.165, 1.54) is 6.92 Å². The molecular formula is C16H14Cl2O3. The van der Waals surface area contributed by atoms with E-state index in [9.17, 15) is 4.79 Å². The van der Waals surface area contributed by atoms with Gasteiger partial charge in [-0.3, -0.25) is 4.79 Å². The molecule has 0 amide bonds. The first-order valence-corrected chi connectivity index (χ1v) is 7.03. The highest BCUT2D eigenvalue weighted by Crippen LogP contribution is 2.29. The van der Waals surface area contributed by atoms with Crippen LogP contribution in [0.5, 0.6) is 11.5 Å². The van der Waals surface area contributed by atoms with E-state index < -0.39 is 0 Å². The minimum Gasteiger partial charge on any atom is -0.497 e. The van der Waals surface area contributed by atoms with Crippen LogP contribution in [0.15, 0.2) is 36.4 Å². The number of hydrogen-bond donors (Lipinski definition) is 0. The summed E-state index contributed by atoms with van der Waals surface area (Å²) in [7, 11) is 1.56. The van der Waals surface area contributed by atoms with Gasteiger partial charge in [0, 0.05) is 11.6 Å². The molecule has 0 aliphatic rings. The van der Waals surface area contributed by atoms with Gasteiger partial charge in [-0.1, -0.05) is 35.3 Å². The van der Waals surface area contributed by atoms with Crippen LogP contribution in [0, 0.1) is 0 Å². The van der Waals surface area contributed by atoms with Crippen molar-refractivity contribution in [3.8, 4) is 11.5 Å². The summed E-state index contributed by atoms with van der Waals surface area (Å²) in [4.78, 5) is 11.6. The van der Waals surface area contributed by atoms with Crippen LogP contribution in [0.3, 0.4) is 0 Å². The smallest absolute Gasteiger partial charge is 0.163 e.